The molecule has 1 heterocycles. The quantitative estimate of drug-likeness (QED) is 0.693. The third-order valence-electron chi connectivity index (χ3n) is 2.31. The largest absolute Gasteiger partial charge is 0.390 e. The Labute approximate surface area is 89.7 Å². The molecule has 0 fully saturated rings. The highest BCUT2D eigenvalue weighted by Crippen LogP contribution is 1.99. The summed E-state index contributed by atoms with van der Waals surface area (Å²) in [5, 5.41) is 17.6. The van der Waals surface area contributed by atoms with Crippen LogP contribution in [-0.2, 0) is 6.54 Å². The summed E-state index contributed by atoms with van der Waals surface area (Å²) >= 11 is 0. The summed E-state index contributed by atoms with van der Waals surface area (Å²) in [5.41, 5.74) is 5.42. The van der Waals surface area contributed by atoms with Gasteiger partial charge in [-0.05, 0) is 20.9 Å². The van der Waals surface area contributed by atoms with Gasteiger partial charge in [-0.3, -0.25) is 0 Å². The maximum atomic E-state index is 9.75. The lowest BCUT2D eigenvalue weighted by Crippen LogP contribution is -2.36. The highest BCUT2D eigenvalue weighted by Gasteiger charge is 2.12. The third-order valence-corrected chi connectivity index (χ3v) is 2.31. The maximum Gasteiger partial charge on any atom is 0.165 e. The van der Waals surface area contributed by atoms with Gasteiger partial charge in [-0.2, -0.15) is 9.90 Å². The molecule has 0 saturated heterocycles. The van der Waals surface area contributed by atoms with Crippen LogP contribution in [0.1, 0.15) is 13.8 Å². The molecule has 1 atom stereocenters. The van der Waals surface area contributed by atoms with Gasteiger partial charge >= 0.3 is 0 Å². The first-order valence-electron chi connectivity index (χ1n) is 5.03. The summed E-state index contributed by atoms with van der Waals surface area (Å²) < 4.78 is 0. The van der Waals surface area contributed by atoms with E-state index in [1.807, 2.05) is 7.05 Å². The van der Waals surface area contributed by atoms with Crippen LogP contribution in [-0.4, -0.2) is 50.7 Å². The molecule has 6 heteroatoms. The van der Waals surface area contributed by atoms with Crippen molar-refractivity contribution in [3.8, 4) is 0 Å². The van der Waals surface area contributed by atoms with E-state index in [9.17, 15) is 5.11 Å². The fourth-order valence-corrected chi connectivity index (χ4v) is 1.19. The van der Waals surface area contributed by atoms with Gasteiger partial charge in [0.1, 0.15) is 0 Å². The molecular formula is C9H19N5O. The van der Waals surface area contributed by atoms with Crippen LogP contribution in [0, 0.1) is 0 Å². The van der Waals surface area contributed by atoms with Gasteiger partial charge in [0.25, 0.3) is 0 Å². The number of aliphatic hydroxyl groups excluding tert-OH is 1. The van der Waals surface area contributed by atoms with Gasteiger partial charge in [0.15, 0.2) is 5.82 Å². The maximum absolute atomic E-state index is 9.75. The first-order chi connectivity index (χ1) is 6.99. The van der Waals surface area contributed by atoms with E-state index in [-0.39, 0.29) is 0 Å². The van der Waals surface area contributed by atoms with Gasteiger partial charge in [-0.1, -0.05) is 0 Å². The second-order valence-corrected chi connectivity index (χ2v) is 4.01. The fraction of sp³-hybridized carbons (Fsp3) is 0.778. The Balaban J connectivity index is 2.39. The molecule has 0 radical (unpaired) electrons. The molecule has 15 heavy (non-hydrogen) atoms. The number of nitrogen functional groups attached to an aromatic ring is 1. The molecule has 0 aliphatic heterocycles. The molecule has 86 valence electrons. The van der Waals surface area contributed by atoms with Crippen molar-refractivity contribution >= 4 is 5.82 Å². The van der Waals surface area contributed by atoms with Crippen molar-refractivity contribution in [2.75, 3.05) is 19.3 Å². The summed E-state index contributed by atoms with van der Waals surface area (Å²) in [5.74, 6) is 0.374. The predicted molar refractivity (Wildman–Crippen MR) is 58.2 cm³/mol. The second kappa shape index (κ2) is 5.09. The molecule has 1 aromatic heterocycles. The summed E-state index contributed by atoms with van der Waals surface area (Å²) in [6, 6.07) is 0.412. The van der Waals surface area contributed by atoms with Gasteiger partial charge < -0.3 is 15.7 Å². The standard InChI is InChI=1S/C9H19N5O/c1-7(2)13(3)5-8(15)6-14-11-4-9(10)12-14/h4,7-8,15H,5-6H2,1-3H3,(H2,10,12). The Kier molecular flexibility index (Phi) is 4.05. The zero-order valence-electron chi connectivity index (χ0n) is 9.46. The summed E-state index contributed by atoms with van der Waals surface area (Å²) in [7, 11) is 1.97. The van der Waals surface area contributed by atoms with Gasteiger partial charge in [-0.15, -0.1) is 5.10 Å². The molecule has 0 bridgehead atoms. The van der Waals surface area contributed by atoms with Crippen LogP contribution in [0.15, 0.2) is 6.20 Å². The zero-order valence-corrected chi connectivity index (χ0v) is 9.46. The van der Waals surface area contributed by atoms with Gasteiger partial charge in [0.2, 0.25) is 0 Å². The average Bonchev–Trinajstić information content (AvgIpc) is 2.50. The lowest BCUT2D eigenvalue weighted by atomic mass is 10.3. The van der Waals surface area contributed by atoms with Crippen molar-refractivity contribution in [3.63, 3.8) is 0 Å². The summed E-state index contributed by atoms with van der Waals surface area (Å²) in [4.78, 5) is 3.48. The highest BCUT2D eigenvalue weighted by molar-refractivity contribution is 5.19. The van der Waals surface area contributed by atoms with Crippen LogP contribution in [0.4, 0.5) is 5.82 Å². The van der Waals surface area contributed by atoms with Crippen molar-refractivity contribution in [3.05, 3.63) is 6.20 Å². The summed E-state index contributed by atoms with van der Waals surface area (Å²) in [6.45, 7) is 5.13. The first-order valence-corrected chi connectivity index (χ1v) is 5.03. The van der Waals surface area contributed by atoms with E-state index in [0.29, 0.717) is 24.9 Å². The van der Waals surface area contributed by atoms with Crippen LogP contribution in [0.5, 0.6) is 0 Å². The molecule has 1 rings (SSSR count). The Bertz CT molecular complexity index is 298. The van der Waals surface area contributed by atoms with Crippen LogP contribution >= 0.6 is 0 Å². The molecular weight excluding hydrogens is 194 g/mol. The van der Waals surface area contributed by atoms with E-state index in [4.69, 9.17) is 5.73 Å². The number of likely N-dealkylation sites (N-methyl/N-ethyl adjacent to an activating group) is 1. The predicted octanol–water partition coefficient (Wildman–Crippen LogP) is -0.439. The number of nitrogens with two attached hydrogens (primary N) is 1. The molecule has 6 nitrogen and oxygen atoms in total. The Morgan fingerprint density at radius 1 is 1.60 bits per heavy atom. The molecule has 1 unspecified atom stereocenters. The van der Waals surface area contributed by atoms with Crippen LogP contribution in [0.3, 0.4) is 0 Å². The Morgan fingerprint density at radius 2 is 2.27 bits per heavy atom. The topological polar surface area (TPSA) is 80.2 Å². The molecule has 0 saturated carbocycles. The zero-order chi connectivity index (χ0) is 11.4. The number of rotatable bonds is 5. The van der Waals surface area contributed by atoms with E-state index in [1.165, 1.54) is 11.0 Å². The van der Waals surface area contributed by atoms with Gasteiger partial charge in [0, 0.05) is 12.6 Å². The van der Waals surface area contributed by atoms with Crippen molar-refractivity contribution < 1.29 is 5.11 Å². The Hall–Kier alpha value is -1.14. The van der Waals surface area contributed by atoms with Crippen LogP contribution in [0.2, 0.25) is 0 Å². The highest BCUT2D eigenvalue weighted by atomic mass is 16.3. The van der Waals surface area contributed by atoms with E-state index >= 15 is 0 Å². The van der Waals surface area contributed by atoms with Crippen molar-refractivity contribution in [1.82, 2.24) is 19.9 Å². The number of aromatic nitrogens is 3. The third kappa shape index (κ3) is 3.85. The normalized spacial score (nSPS) is 13.7. The minimum absolute atomic E-state index is 0.369. The summed E-state index contributed by atoms with van der Waals surface area (Å²) in [6.07, 6.45) is 0.989. The van der Waals surface area contributed by atoms with Crippen molar-refractivity contribution in [1.29, 1.82) is 0 Å². The van der Waals surface area contributed by atoms with Crippen molar-refractivity contribution in [2.24, 2.45) is 0 Å². The minimum atomic E-state index is -0.482. The van der Waals surface area contributed by atoms with Gasteiger partial charge in [0.05, 0.1) is 18.8 Å². The number of aliphatic hydroxyl groups is 1. The van der Waals surface area contributed by atoms with Crippen molar-refractivity contribution in [2.45, 2.75) is 32.5 Å². The monoisotopic (exact) mass is 213 g/mol. The Morgan fingerprint density at radius 3 is 2.73 bits per heavy atom. The minimum Gasteiger partial charge on any atom is -0.390 e. The fourth-order valence-electron chi connectivity index (χ4n) is 1.19. The van der Waals surface area contributed by atoms with E-state index in [2.05, 4.69) is 28.9 Å². The number of anilines is 1. The lowest BCUT2D eigenvalue weighted by molar-refractivity contribution is 0.0906. The molecule has 0 aliphatic carbocycles. The smallest absolute Gasteiger partial charge is 0.165 e. The first kappa shape index (κ1) is 11.9. The lowest BCUT2D eigenvalue weighted by Gasteiger charge is -2.23. The van der Waals surface area contributed by atoms with E-state index < -0.39 is 6.10 Å². The van der Waals surface area contributed by atoms with E-state index in [0.717, 1.165) is 0 Å². The number of hydrogen-bond donors (Lipinski definition) is 2. The molecule has 0 amide bonds. The molecule has 1 aromatic rings. The SMILES string of the molecule is CC(C)N(C)CC(O)Cn1ncc(N)n1. The molecule has 0 aromatic carbocycles. The van der Waals surface area contributed by atoms with Gasteiger partial charge in [-0.25, -0.2) is 0 Å². The molecule has 3 N–H and O–H groups in total. The average molecular weight is 213 g/mol. The van der Waals surface area contributed by atoms with Crippen LogP contribution in [0.25, 0.3) is 0 Å². The van der Waals surface area contributed by atoms with E-state index in [1.54, 1.807) is 0 Å². The molecule has 0 aliphatic rings. The second-order valence-electron chi connectivity index (χ2n) is 4.01. The van der Waals surface area contributed by atoms with Crippen LogP contribution < -0.4 is 5.73 Å². The number of hydrogen-bond acceptors (Lipinski definition) is 5. The molecule has 0 spiro atoms. The number of nitrogens with zero attached hydrogens (tertiary/aromatic N) is 4.